The lowest BCUT2D eigenvalue weighted by Gasteiger charge is -2.26. The molecule has 19 heavy (non-hydrogen) atoms. The van der Waals surface area contributed by atoms with Crippen molar-refractivity contribution in [3.63, 3.8) is 0 Å². The Morgan fingerprint density at radius 1 is 1.47 bits per heavy atom. The van der Waals surface area contributed by atoms with E-state index in [1.54, 1.807) is 12.1 Å². The molecule has 2 aliphatic rings. The predicted molar refractivity (Wildman–Crippen MR) is 68.2 cm³/mol. The number of nitrogens with zero attached hydrogens (tertiary/aromatic N) is 1. The van der Waals surface area contributed by atoms with Gasteiger partial charge in [-0.1, -0.05) is 0 Å². The lowest BCUT2D eigenvalue weighted by Crippen LogP contribution is -2.45. The molecule has 1 aromatic rings. The van der Waals surface area contributed by atoms with Crippen molar-refractivity contribution in [1.82, 2.24) is 10.2 Å². The third kappa shape index (κ3) is 2.26. The minimum absolute atomic E-state index is 0.0222. The van der Waals surface area contributed by atoms with E-state index in [0.29, 0.717) is 17.8 Å². The molecule has 6 nitrogen and oxygen atoms in total. The number of furan rings is 1. The van der Waals surface area contributed by atoms with Gasteiger partial charge in [0, 0.05) is 31.2 Å². The van der Waals surface area contributed by atoms with Gasteiger partial charge in [0.15, 0.2) is 5.76 Å². The Bertz CT molecular complexity index is 549. The molecule has 0 unspecified atom stereocenters. The van der Waals surface area contributed by atoms with Gasteiger partial charge < -0.3 is 20.4 Å². The van der Waals surface area contributed by atoms with Crippen molar-refractivity contribution in [3.05, 3.63) is 29.7 Å². The molecule has 2 fully saturated rings. The molecule has 0 spiro atoms. The summed E-state index contributed by atoms with van der Waals surface area (Å²) in [5.41, 5.74) is 5.08. The van der Waals surface area contributed by atoms with Gasteiger partial charge >= 0.3 is 0 Å². The van der Waals surface area contributed by atoms with Crippen LogP contribution in [0.3, 0.4) is 0 Å². The first-order valence-electron chi connectivity index (χ1n) is 6.25. The molecular weight excluding hydrogens is 246 g/mol. The number of primary amides is 1. The van der Waals surface area contributed by atoms with Gasteiger partial charge in [-0.05, 0) is 24.6 Å². The van der Waals surface area contributed by atoms with Crippen molar-refractivity contribution in [2.45, 2.75) is 18.5 Å². The fourth-order valence-electron chi connectivity index (χ4n) is 2.65. The molecule has 3 N–H and O–H groups in total. The quantitative estimate of drug-likeness (QED) is 0.747. The van der Waals surface area contributed by atoms with Gasteiger partial charge in [-0.2, -0.15) is 0 Å². The Kier molecular flexibility index (Phi) is 2.87. The summed E-state index contributed by atoms with van der Waals surface area (Å²) >= 11 is 0. The Labute approximate surface area is 110 Å². The fraction of sp³-hybridized carbons (Fsp3) is 0.385. The van der Waals surface area contributed by atoms with E-state index in [1.165, 1.54) is 12.1 Å². The molecule has 0 aromatic carbocycles. The molecular formula is C13H15N3O3. The summed E-state index contributed by atoms with van der Waals surface area (Å²) in [7, 11) is 0. The maximum Gasteiger partial charge on any atom is 0.284 e. The van der Waals surface area contributed by atoms with E-state index in [9.17, 15) is 9.59 Å². The van der Waals surface area contributed by atoms with Crippen molar-refractivity contribution < 1.29 is 14.0 Å². The van der Waals surface area contributed by atoms with E-state index in [1.807, 2.05) is 4.90 Å². The van der Waals surface area contributed by atoms with Crippen LogP contribution in [0.25, 0.3) is 6.08 Å². The standard InChI is InChI=1S/C13H15N3O3/c14-13(18)11-3-1-10(19-11)2-4-12(17)16-7-8-5-9(16)6-15-8/h1-4,8-9,15H,5-7H2,(H2,14,18)/b4-2+/t8-,9-/m0/s1. The fourth-order valence-corrected chi connectivity index (χ4v) is 2.65. The Morgan fingerprint density at radius 2 is 2.32 bits per heavy atom. The zero-order valence-corrected chi connectivity index (χ0v) is 10.3. The zero-order chi connectivity index (χ0) is 13.4. The molecule has 0 aliphatic carbocycles. The van der Waals surface area contributed by atoms with Crippen molar-refractivity contribution in [2.75, 3.05) is 13.1 Å². The molecule has 2 bridgehead atoms. The zero-order valence-electron chi connectivity index (χ0n) is 10.3. The molecule has 100 valence electrons. The van der Waals surface area contributed by atoms with Crippen LogP contribution in [-0.2, 0) is 4.79 Å². The van der Waals surface area contributed by atoms with Crippen LogP contribution in [-0.4, -0.2) is 41.9 Å². The minimum Gasteiger partial charge on any atom is -0.452 e. The van der Waals surface area contributed by atoms with Gasteiger partial charge in [0.25, 0.3) is 5.91 Å². The van der Waals surface area contributed by atoms with Gasteiger partial charge in [0.1, 0.15) is 5.76 Å². The SMILES string of the molecule is NC(=O)c1ccc(/C=C/C(=O)N2C[C@@H]3C[C@H]2CN3)o1. The molecule has 2 atom stereocenters. The highest BCUT2D eigenvalue weighted by molar-refractivity contribution is 5.93. The molecule has 0 radical (unpaired) electrons. The van der Waals surface area contributed by atoms with Gasteiger partial charge in [0.2, 0.25) is 5.91 Å². The highest BCUT2D eigenvalue weighted by Gasteiger charge is 2.39. The van der Waals surface area contributed by atoms with E-state index >= 15 is 0 Å². The summed E-state index contributed by atoms with van der Waals surface area (Å²) in [6.07, 6.45) is 4.07. The monoisotopic (exact) mass is 261 g/mol. The van der Waals surface area contributed by atoms with Crippen LogP contribution >= 0.6 is 0 Å². The number of rotatable bonds is 3. The van der Waals surface area contributed by atoms with Crippen LogP contribution in [0.1, 0.15) is 22.7 Å². The van der Waals surface area contributed by atoms with Crippen LogP contribution in [0.15, 0.2) is 22.6 Å². The molecule has 0 saturated carbocycles. The number of carbonyl (C=O) groups excluding carboxylic acids is 2. The number of piperazine rings is 1. The van der Waals surface area contributed by atoms with Crippen LogP contribution in [0, 0.1) is 0 Å². The number of fused-ring (bicyclic) bond motifs is 2. The molecule has 6 heteroatoms. The largest absolute Gasteiger partial charge is 0.452 e. The second-order valence-electron chi connectivity index (χ2n) is 4.88. The van der Waals surface area contributed by atoms with Gasteiger partial charge in [-0.15, -0.1) is 0 Å². The van der Waals surface area contributed by atoms with Crippen LogP contribution in [0.4, 0.5) is 0 Å². The van der Waals surface area contributed by atoms with E-state index in [0.717, 1.165) is 19.5 Å². The number of nitrogens with two attached hydrogens (primary N) is 1. The molecule has 3 heterocycles. The number of hydrogen-bond donors (Lipinski definition) is 2. The average molecular weight is 261 g/mol. The Balaban J connectivity index is 1.65. The summed E-state index contributed by atoms with van der Waals surface area (Å²) in [6, 6.07) is 3.85. The Morgan fingerprint density at radius 3 is 2.89 bits per heavy atom. The minimum atomic E-state index is -0.617. The summed E-state index contributed by atoms with van der Waals surface area (Å²) in [5.74, 6) is -0.0962. The first kappa shape index (κ1) is 12.0. The summed E-state index contributed by atoms with van der Waals surface area (Å²) in [6.45, 7) is 1.63. The van der Waals surface area contributed by atoms with Crippen molar-refractivity contribution in [3.8, 4) is 0 Å². The van der Waals surface area contributed by atoms with Crippen molar-refractivity contribution in [2.24, 2.45) is 5.73 Å². The Hall–Kier alpha value is -2.08. The number of amides is 2. The molecule has 2 saturated heterocycles. The maximum absolute atomic E-state index is 12.0. The predicted octanol–water partition coefficient (Wildman–Crippen LogP) is -0.0356. The van der Waals surface area contributed by atoms with Gasteiger partial charge in [-0.25, -0.2) is 0 Å². The molecule has 3 rings (SSSR count). The third-order valence-electron chi connectivity index (χ3n) is 3.60. The smallest absolute Gasteiger partial charge is 0.284 e. The van der Waals surface area contributed by atoms with Gasteiger partial charge in [0.05, 0.1) is 0 Å². The number of carbonyl (C=O) groups is 2. The maximum atomic E-state index is 12.0. The van der Waals surface area contributed by atoms with E-state index in [4.69, 9.17) is 10.2 Å². The first-order valence-corrected chi connectivity index (χ1v) is 6.25. The highest BCUT2D eigenvalue weighted by atomic mass is 16.3. The normalized spacial score (nSPS) is 25.4. The first-order chi connectivity index (χ1) is 9.13. The van der Waals surface area contributed by atoms with Crippen molar-refractivity contribution >= 4 is 17.9 Å². The van der Waals surface area contributed by atoms with E-state index < -0.39 is 5.91 Å². The molecule has 1 aromatic heterocycles. The van der Waals surface area contributed by atoms with E-state index in [-0.39, 0.29) is 11.7 Å². The van der Waals surface area contributed by atoms with Gasteiger partial charge in [-0.3, -0.25) is 9.59 Å². The second kappa shape index (κ2) is 4.55. The summed E-state index contributed by atoms with van der Waals surface area (Å²) in [4.78, 5) is 24.8. The second-order valence-corrected chi connectivity index (χ2v) is 4.88. The summed E-state index contributed by atoms with van der Waals surface area (Å²) in [5, 5.41) is 3.34. The molecule has 2 amide bonds. The topological polar surface area (TPSA) is 88.6 Å². The van der Waals surface area contributed by atoms with Crippen LogP contribution in [0.2, 0.25) is 0 Å². The lowest BCUT2D eigenvalue weighted by atomic mass is 10.2. The van der Waals surface area contributed by atoms with E-state index in [2.05, 4.69) is 5.32 Å². The third-order valence-corrected chi connectivity index (χ3v) is 3.60. The lowest BCUT2D eigenvalue weighted by molar-refractivity contribution is -0.127. The molecule has 2 aliphatic heterocycles. The van der Waals surface area contributed by atoms with Crippen LogP contribution in [0.5, 0.6) is 0 Å². The number of hydrogen-bond acceptors (Lipinski definition) is 4. The van der Waals surface area contributed by atoms with Crippen molar-refractivity contribution in [1.29, 1.82) is 0 Å². The average Bonchev–Trinajstić information content (AvgIpc) is 3.11. The van der Waals surface area contributed by atoms with Crippen LogP contribution < -0.4 is 11.1 Å². The summed E-state index contributed by atoms with van der Waals surface area (Å²) < 4.78 is 5.18. The highest BCUT2D eigenvalue weighted by Crippen LogP contribution is 2.23. The number of likely N-dealkylation sites (tertiary alicyclic amines) is 1. The number of nitrogens with one attached hydrogen (secondary N) is 1.